The van der Waals surface area contributed by atoms with Crippen molar-refractivity contribution in [2.75, 3.05) is 7.11 Å². The summed E-state index contributed by atoms with van der Waals surface area (Å²) in [4.78, 5) is 31.6. The first-order valence-electron chi connectivity index (χ1n) is 10.1. The normalized spacial score (nSPS) is 18.2. The summed E-state index contributed by atoms with van der Waals surface area (Å²) in [6.45, 7) is 1.59. The van der Waals surface area contributed by atoms with Gasteiger partial charge < -0.3 is 14.6 Å². The summed E-state index contributed by atoms with van der Waals surface area (Å²) in [6.07, 6.45) is 0. The molecule has 1 aromatic heterocycles. The Kier molecular flexibility index (Phi) is 4.62. The van der Waals surface area contributed by atoms with Crippen molar-refractivity contribution in [2.24, 2.45) is 0 Å². The molecule has 0 radical (unpaired) electrons. The third-order valence-electron chi connectivity index (χ3n) is 5.69. The molecule has 160 valence electrons. The van der Waals surface area contributed by atoms with E-state index in [-0.39, 0.29) is 18.3 Å². The van der Waals surface area contributed by atoms with Crippen LogP contribution in [0.2, 0.25) is 0 Å². The largest absolute Gasteiger partial charge is 0.497 e. The Hall–Kier alpha value is -4.20. The number of imide groups is 1. The van der Waals surface area contributed by atoms with Gasteiger partial charge in [-0.2, -0.15) is 4.98 Å². The summed E-state index contributed by atoms with van der Waals surface area (Å²) in [5.41, 5.74) is 0.240. The van der Waals surface area contributed by atoms with Gasteiger partial charge in [-0.25, -0.2) is 4.79 Å². The van der Waals surface area contributed by atoms with Gasteiger partial charge in [-0.05, 0) is 35.4 Å². The zero-order chi connectivity index (χ0) is 22.3. The van der Waals surface area contributed by atoms with Crippen LogP contribution in [-0.4, -0.2) is 34.1 Å². The number of benzene rings is 3. The van der Waals surface area contributed by atoms with Crippen molar-refractivity contribution in [1.82, 2.24) is 20.4 Å². The molecular formula is C24H20N4O4. The van der Waals surface area contributed by atoms with Crippen LogP contribution in [0.15, 0.2) is 71.3 Å². The molecule has 1 aliphatic rings. The topological polar surface area (TPSA) is 97.6 Å². The van der Waals surface area contributed by atoms with Gasteiger partial charge >= 0.3 is 6.03 Å². The molecular weight excluding hydrogens is 408 g/mol. The average molecular weight is 428 g/mol. The lowest BCUT2D eigenvalue weighted by molar-refractivity contribution is -0.131. The Bertz CT molecular complexity index is 1340. The Morgan fingerprint density at radius 3 is 2.69 bits per heavy atom. The van der Waals surface area contributed by atoms with E-state index in [4.69, 9.17) is 9.26 Å². The molecule has 4 aromatic rings. The van der Waals surface area contributed by atoms with Crippen LogP contribution in [0.1, 0.15) is 18.4 Å². The molecule has 0 bridgehead atoms. The number of nitrogens with zero attached hydrogens (tertiary/aromatic N) is 3. The third kappa shape index (κ3) is 3.17. The molecule has 0 saturated carbocycles. The maximum Gasteiger partial charge on any atom is 0.325 e. The second-order valence-electron chi connectivity index (χ2n) is 7.72. The van der Waals surface area contributed by atoms with E-state index in [9.17, 15) is 9.59 Å². The number of carbonyl (C=O) groups excluding carboxylic acids is 2. The number of nitrogens with one attached hydrogen (secondary N) is 1. The van der Waals surface area contributed by atoms with Crippen LogP contribution in [0.25, 0.3) is 22.2 Å². The second kappa shape index (κ2) is 7.49. The number of urea groups is 1. The number of hydrogen-bond donors (Lipinski definition) is 1. The smallest absolute Gasteiger partial charge is 0.325 e. The number of fused-ring (bicyclic) bond motifs is 1. The lowest BCUT2D eigenvalue weighted by Crippen LogP contribution is -2.41. The molecule has 8 heteroatoms. The summed E-state index contributed by atoms with van der Waals surface area (Å²) in [6, 6.07) is 20.2. The van der Waals surface area contributed by atoms with Gasteiger partial charge in [0.15, 0.2) is 0 Å². The molecule has 1 aliphatic heterocycles. The minimum atomic E-state index is -1.20. The van der Waals surface area contributed by atoms with Crippen LogP contribution < -0.4 is 10.1 Å². The zero-order valence-electron chi connectivity index (χ0n) is 17.5. The van der Waals surface area contributed by atoms with Crippen molar-refractivity contribution in [1.29, 1.82) is 0 Å². The minimum Gasteiger partial charge on any atom is -0.497 e. The van der Waals surface area contributed by atoms with E-state index in [1.165, 1.54) is 0 Å². The highest BCUT2D eigenvalue weighted by Gasteiger charge is 2.50. The van der Waals surface area contributed by atoms with E-state index in [1.54, 1.807) is 20.1 Å². The molecule has 5 rings (SSSR count). The van der Waals surface area contributed by atoms with Crippen molar-refractivity contribution in [3.63, 3.8) is 0 Å². The zero-order valence-corrected chi connectivity index (χ0v) is 17.5. The summed E-state index contributed by atoms with van der Waals surface area (Å²) in [7, 11) is 1.57. The number of hydrogen-bond acceptors (Lipinski definition) is 6. The molecule has 32 heavy (non-hydrogen) atoms. The molecule has 3 amide bonds. The number of amides is 3. The summed E-state index contributed by atoms with van der Waals surface area (Å²) >= 11 is 0. The number of carbonyl (C=O) groups is 2. The Morgan fingerprint density at radius 2 is 1.84 bits per heavy atom. The molecule has 2 heterocycles. The summed E-state index contributed by atoms with van der Waals surface area (Å²) in [5.74, 6) is 0.796. The van der Waals surface area contributed by atoms with E-state index in [0.717, 1.165) is 21.2 Å². The van der Waals surface area contributed by atoms with Gasteiger partial charge in [-0.3, -0.25) is 9.69 Å². The van der Waals surface area contributed by atoms with Crippen LogP contribution in [0.3, 0.4) is 0 Å². The van der Waals surface area contributed by atoms with Gasteiger partial charge in [0.2, 0.25) is 11.7 Å². The molecule has 1 atom stereocenters. The number of ether oxygens (including phenoxy) is 1. The predicted molar refractivity (Wildman–Crippen MR) is 117 cm³/mol. The van der Waals surface area contributed by atoms with Crippen LogP contribution in [0, 0.1) is 0 Å². The highest BCUT2D eigenvalue weighted by molar-refractivity contribution is 6.09. The van der Waals surface area contributed by atoms with Crippen LogP contribution in [0.5, 0.6) is 5.75 Å². The highest BCUT2D eigenvalue weighted by atomic mass is 16.5. The maximum atomic E-state index is 13.4. The minimum absolute atomic E-state index is 0.123. The maximum absolute atomic E-state index is 13.4. The summed E-state index contributed by atoms with van der Waals surface area (Å²) in [5, 5.41) is 8.72. The van der Waals surface area contributed by atoms with Gasteiger partial charge in [0.05, 0.1) is 7.11 Å². The van der Waals surface area contributed by atoms with Gasteiger partial charge in [-0.1, -0.05) is 59.8 Å². The standard InChI is InChI=1S/C24H20N4O4/c1-24(19-12-6-8-15-7-3-4-11-18(15)19)22(29)28(23(30)26-24)14-20-25-21(27-32-20)16-9-5-10-17(13-16)31-2/h3-13H,14H2,1-2H3,(H,26,30). The van der Waals surface area contributed by atoms with E-state index >= 15 is 0 Å². The molecule has 3 aromatic carbocycles. The van der Waals surface area contributed by atoms with E-state index in [1.807, 2.05) is 60.7 Å². The van der Waals surface area contributed by atoms with Gasteiger partial charge in [-0.15, -0.1) is 0 Å². The van der Waals surface area contributed by atoms with Crippen molar-refractivity contribution in [2.45, 2.75) is 19.0 Å². The van der Waals surface area contributed by atoms with Crippen molar-refractivity contribution < 1.29 is 18.8 Å². The van der Waals surface area contributed by atoms with E-state index in [2.05, 4.69) is 15.5 Å². The van der Waals surface area contributed by atoms with Crippen molar-refractivity contribution >= 4 is 22.7 Å². The van der Waals surface area contributed by atoms with Crippen LogP contribution in [-0.2, 0) is 16.9 Å². The number of rotatable bonds is 5. The monoisotopic (exact) mass is 428 g/mol. The number of aromatic nitrogens is 2. The van der Waals surface area contributed by atoms with Gasteiger partial charge in [0.25, 0.3) is 5.91 Å². The first kappa shape index (κ1) is 19.7. The lowest BCUT2D eigenvalue weighted by Gasteiger charge is -2.23. The molecule has 1 N–H and O–H groups in total. The average Bonchev–Trinajstić information content (AvgIpc) is 3.38. The Morgan fingerprint density at radius 1 is 1.06 bits per heavy atom. The SMILES string of the molecule is COc1cccc(-c2noc(CN3C(=O)NC(C)(c4cccc5ccccc45)C3=O)n2)c1. The first-order chi connectivity index (χ1) is 15.5. The summed E-state index contributed by atoms with van der Waals surface area (Å²) < 4.78 is 10.5. The molecule has 8 nitrogen and oxygen atoms in total. The van der Waals surface area contributed by atoms with Gasteiger partial charge in [0, 0.05) is 5.56 Å². The molecule has 0 aliphatic carbocycles. The molecule has 0 spiro atoms. The lowest BCUT2D eigenvalue weighted by atomic mass is 9.88. The second-order valence-corrected chi connectivity index (χ2v) is 7.72. The predicted octanol–water partition coefficient (Wildman–Crippen LogP) is 3.87. The quantitative estimate of drug-likeness (QED) is 0.485. The fourth-order valence-electron chi connectivity index (χ4n) is 4.02. The van der Waals surface area contributed by atoms with Gasteiger partial charge in [0.1, 0.15) is 17.8 Å². The van der Waals surface area contributed by atoms with Crippen molar-refractivity contribution in [3.05, 3.63) is 78.2 Å². The molecule has 1 unspecified atom stereocenters. The van der Waals surface area contributed by atoms with E-state index in [0.29, 0.717) is 17.1 Å². The van der Waals surface area contributed by atoms with Crippen LogP contribution >= 0.6 is 0 Å². The molecule has 1 fully saturated rings. The first-order valence-corrected chi connectivity index (χ1v) is 10.1. The Balaban J connectivity index is 1.43. The van der Waals surface area contributed by atoms with Crippen LogP contribution in [0.4, 0.5) is 4.79 Å². The Labute approximate surface area is 183 Å². The van der Waals surface area contributed by atoms with E-state index < -0.39 is 11.6 Å². The fraction of sp³-hybridized carbons (Fsp3) is 0.167. The fourth-order valence-corrected chi connectivity index (χ4v) is 4.02. The van der Waals surface area contributed by atoms with Crippen molar-refractivity contribution in [3.8, 4) is 17.1 Å². The highest BCUT2D eigenvalue weighted by Crippen LogP contribution is 2.34. The third-order valence-corrected chi connectivity index (χ3v) is 5.69. The number of methoxy groups -OCH3 is 1. The molecule has 1 saturated heterocycles.